The third-order valence-corrected chi connectivity index (χ3v) is 2.73. The highest BCUT2D eigenvalue weighted by Crippen LogP contribution is 2.19. The molecule has 0 spiro atoms. The van der Waals surface area contributed by atoms with Gasteiger partial charge in [0.2, 0.25) is 0 Å². The van der Waals surface area contributed by atoms with Crippen molar-refractivity contribution in [3.63, 3.8) is 0 Å². The number of hydrogen-bond acceptors (Lipinski definition) is 4. The minimum absolute atomic E-state index is 0.0514. The quantitative estimate of drug-likeness (QED) is 0.893. The smallest absolute Gasteiger partial charge is 0.0802 e. The summed E-state index contributed by atoms with van der Waals surface area (Å²) < 4.78 is 0. The first-order valence-corrected chi connectivity index (χ1v) is 6.14. The van der Waals surface area contributed by atoms with Gasteiger partial charge in [-0.2, -0.15) is 0 Å². The van der Waals surface area contributed by atoms with Gasteiger partial charge in [0, 0.05) is 18.6 Å². The molecule has 0 saturated carbocycles. The molecular weight excluding hydrogens is 224 g/mol. The summed E-state index contributed by atoms with van der Waals surface area (Å²) in [5.41, 5.74) is 4.12. The molecule has 1 unspecified atom stereocenters. The third-order valence-electron chi connectivity index (χ3n) is 2.73. The lowest BCUT2D eigenvalue weighted by molar-refractivity contribution is 0.609. The molecule has 2 heterocycles. The van der Waals surface area contributed by atoms with Gasteiger partial charge in [0.1, 0.15) is 0 Å². The maximum atomic E-state index is 4.45. The number of aromatic nitrogens is 3. The first kappa shape index (κ1) is 12.6. The summed E-state index contributed by atoms with van der Waals surface area (Å²) in [4.78, 5) is 13.0. The molecule has 1 N–H and O–H groups in total. The predicted octanol–water partition coefficient (Wildman–Crippen LogP) is 2.19. The molecule has 0 aliphatic rings. The minimum Gasteiger partial charge on any atom is -0.305 e. The second kappa shape index (κ2) is 5.69. The van der Waals surface area contributed by atoms with Crippen LogP contribution in [0.4, 0.5) is 0 Å². The Kier molecular flexibility index (Phi) is 3.99. The normalized spacial score (nSPS) is 12.4. The molecule has 2 aromatic rings. The summed E-state index contributed by atoms with van der Waals surface area (Å²) in [6, 6.07) is 2.18. The van der Waals surface area contributed by atoms with Crippen LogP contribution >= 0.6 is 0 Å². The number of nitrogens with zero attached hydrogens (tertiary/aromatic N) is 3. The Morgan fingerprint density at radius 2 is 1.94 bits per heavy atom. The van der Waals surface area contributed by atoms with Crippen molar-refractivity contribution in [1.82, 2.24) is 20.3 Å². The van der Waals surface area contributed by atoms with Crippen molar-refractivity contribution in [2.45, 2.75) is 26.8 Å². The Morgan fingerprint density at radius 1 is 1.11 bits per heavy atom. The lowest BCUT2D eigenvalue weighted by atomic mass is 10.0. The van der Waals surface area contributed by atoms with Gasteiger partial charge < -0.3 is 5.32 Å². The Bertz CT molecular complexity index is 507. The van der Waals surface area contributed by atoms with E-state index in [-0.39, 0.29) is 6.04 Å². The highest BCUT2D eigenvalue weighted by molar-refractivity contribution is 5.27. The first-order valence-electron chi connectivity index (χ1n) is 6.14. The summed E-state index contributed by atoms with van der Waals surface area (Å²) in [6.45, 7) is 6.93. The number of rotatable bonds is 4. The molecule has 4 heteroatoms. The Hall–Kier alpha value is -1.81. The summed E-state index contributed by atoms with van der Waals surface area (Å²) in [6.07, 6.45) is 7.35. The summed E-state index contributed by atoms with van der Waals surface area (Å²) >= 11 is 0. The number of hydrogen-bond donors (Lipinski definition) is 1. The lowest BCUT2D eigenvalue weighted by Crippen LogP contribution is -2.23. The highest BCUT2D eigenvalue weighted by atomic mass is 14.9. The average molecular weight is 242 g/mol. The van der Waals surface area contributed by atoms with E-state index in [0.717, 1.165) is 29.1 Å². The van der Waals surface area contributed by atoms with Gasteiger partial charge >= 0.3 is 0 Å². The molecule has 2 aromatic heterocycles. The molecule has 18 heavy (non-hydrogen) atoms. The number of aryl methyl sites for hydroxylation is 2. The zero-order valence-electron chi connectivity index (χ0n) is 11.0. The molecule has 0 aliphatic carbocycles. The fourth-order valence-electron chi connectivity index (χ4n) is 1.89. The first-order chi connectivity index (χ1) is 8.70. The molecule has 0 saturated heterocycles. The highest BCUT2D eigenvalue weighted by Gasteiger charge is 2.15. The molecule has 0 aliphatic heterocycles. The van der Waals surface area contributed by atoms with Crippen LogP contribution in [0.15, 0.2) is 30.9 Å². The third kappa shape index (κ3) is 2.90. The molecular formula is C14H18N4. The lowest BCUT2D eigenvalue weighted by Gasteiger charge is -2.17. The molecule has 2 rings (SSSR count). The van der Waals surface area contributed by atoms with Crippen molar-refractivity contribution in [1.29, 1.82) is 0 Å². The zero-order valence-corrected chi connectivity index (χ0v) is 11.0. The summed E-state index contributed by atoms with van der Waals surface area (Å²) in [7, 11) is 0. The fraction of sp³-hybridized carbons (Fsp3) is 0.357. The van der Waals surface area contributed by atoms with E-state index in [0.29, 0.717) is 0 Å². The minimum atomic E-state index is 0.0514. The van der Waals surface area contributed by atoms with Crippen LogP contribution in [0.3, 0.4) is 0 Å². The van der Waals surface area contributed by atoms with E-state index in [1.807, 2.05) is 32.4 Å². The van der Waals surface area contributed by atoms with Crippen molar-refractivity contribution in [3.05, 3.63) is 53.4 Å². The van der Waals surface area contributed by atoms with E-state index in [9.17, 15) is 0 Å². The Labute approximate surface area is 108 Å². The second-order valence-corrected chi connectivity index (χ2v) is 4.37. The number of pyridine rings is 1. The van der Waals surface area contributed by atoms with Gasteiger partial charge in [-0.1, -0.05) is 13.0 Å². The van der Waals surface area contributed by atoms with Crippen LogP contribution < -0.4 is 5.32 Å². The van der Waals surface area contributed by atoms with Crippen LogP contribution in [0.2, 0.25) is 0 Å². The molecule has 1 atom stereocenters. The van der Waals surface area contributed by atoms with Gasteiger partial charge in [-0.3, -0.25) is 15.0 Å². The van der Waals surface area contributed by atoms with Crippen LogP contribution in [0.25, 0.3) is 0 Å². The Morgan fingerprint density at radius 3 is 2.56 bits per heavy atom. The van der Waals surface area contributed by atoms with Gasteiger partial charge in [-0.05, 0) is 31.5 Å². The van der Waals surface area contributed by atoms with Crippen LogP contribution in [-0.4, -0.2) is 21.5 Å². The van der Waals surface area contributed by atoms with Crippen molar-refractivity contribution in [2.75, 3.05) is 6.54 Å². The Balaban J connectivity index is 2.36. The maximum absolute atomic E-state index is 4.45. The maximum Gasteiger partial charge on any atom is 0.0802 e. The summed E-state index contributed by atoms with van der Waals surface area (Å²) in [5, 5.41) is 3.42. The topological polar surface area (TPSA) is 50.7 Å². The molecule has 0 aromatic carbocycles. The molecule has 0 bridgehead atoms. The van der Waals surface area contributed by atoms with Gasteiger partial charge in [0.05, 0.1) is 23.6 Å². The van der Waals surface area contributed by atoms with Crippen molar-refractivity contribution in [2.24, 2.45) is 0 Å². The monoisotopic (exact) mass is 242 g/mol. The van der Waals surface area contributed by atoms with Crippen LogP contribution in [-0.2, 0) is 0 Å². The van der Waals surface area contributed by atoms with Gasteiger partial charge in [-0.15, -0.1) is 0 Å². The van der Waals surface area contributed by atoms with E-state index in [1.54, 1.807) is 6.20 Å². The largest absolute Gasteiger partial charge is 0.305 e. The van der Waals surface area contributed by atoms with Gasteiger partial charge in [0.15, 0.2) is 0 Å². The average Bonchev–Trinajstić information content (AvgIpc) is 2.37. The van der Waals surface area contributed by atoms with Crippen molar-refractivity contribution in [3.8, 4) is 0 Å². The van der Waals surface area contributed by atoms with E-state index < -0.39 is 0 Å². The standard InChI is InChI=1S/C14H18N4/c1-4-16-14(12-5-10(2)6-15-8-12)13-9-17-11(3)7-18-13/h5-9,14,16H,4H2,1-3H3. The van der Waals surface area contributed by atoms with Gasteiger partial charge in [-0.25, -0.2) is 0 Å². The van der Waals surface area contributed by atoms with E-state index in [1.165, 1.54) is 0 Å². The summed E-state index contributed by atoms with van der Waals surface area (Å²) in [5.74, 6) is 0. The second-order valence-electron chi connectivity index (χ2n) is 4.37. The van der Waals surface area contributed by atoms with E-state index in [2.05, 4.69) is 33.3 Å². The molecule has 4 nitrogen and oxygen atoms in total. The molecule has 94 valence electrons. The molecule has 0 amide bonds. The van der Waals surface area contributed by atoms with Crippen LogP contribution in [0.5, 0.6) is 0 Å². The fourth-order valence-corrected chi connectivity index (χ4v) is 1.89. The van der Waals surface area contributed by atoms with Crippen molar-refractivity contribution < 1.29 is 0 Å². The molecule has 0 radical (unpaired) electrons. The molecule has 0 fully saturated rings. The van der Waals surface area contributed by atoms with E-state index in [4.69, 9.17) is 0 Å². The van der Waals surface area contributed by atoms with Crippen LogP contribution in [0.1, 0.15) is 35.5 Å². The number of nitrogens with one attached hydrogen (secondary N) is 1. The SMILES string of the molecule is CCNC(c1cncc(C)c1)c1cnc(C)cn1. The zero-order chi connectivity index (χ0) is 13.0. The van der Waals surface area contributed by atoms with Crippen LogP contribution in [0, 0.1) is 13.8 Å². The van der Waals surface area contributed by atoms with Crippen molar-refractivity contribution >= 4 is 0 Å². The van der Waals surface area contributed by atoms with Gasteiger partial charge in [0.25, 0.3) is 0 Å². The van der Waals surface area contributed by atoms with E-state index >= 15 is 0 Å². The predicted molar refractivity (Wildman–Crippen MR) is 71.3 cm³/mol.